The van der Waals surface area contributed by atoms with Crippen LogP contribution in [0.1, 0.15) is 26.2 Å². The van der Waals surface area contributed by atoms with Crippen LogP contribution in [0.3, 0.4) is 0 Å². The first-order valence-electron chi connectivity index (χ1n) is 4.17. The maximum absolute atomic E-state index is 10.8. The Labute approximate surface area is 71.0 Å². The molecule has 12 heavy (non-hydrogen) atoms. The largest absolute Gasteiger partial charge is 0.481 e. The zero-order valence-corrected chi connectivity index (χ0v) is 7.04. The van der Waals surface area contributed by atoms with Gasteiger partial charge in [0.1, 0.15) is 0 Å². The smallest absolute Gasteiger partial charge is 0.308 e. The average Bonchev–Trinajstić information content (AvgIpc) is 2.37. The minimum atomic E-state index is -0.815. The summed E-state index contributed by atoms with van der Waals surface area (Å²) >= 11 is 0. The third-order valence-corrected chi connectivity index (χ3v) is 2.27. The number of hydrogen-bond acceptors (Lipinski definition) is 2. The third-order valence-electron chi connectivity index (χ3n) is 2.27. The molecule has 68 valence electrons. The van der Waals surface area contributed by atoms with E-state index in [9.17, 15) is 9.59 Å². The third kappa shape index (κ3) is 1.75. The highest BCUT2D eigenvalue weighted by atomic mass is 16.4. The molecular formula is C8H13NO3. The number of carbonyl (C=O) groups is 2. The maximum atomic E-state index is 10.8. The Hall–Kier alpha value is -1.06. The lowest BCUT2D eigenvalue weighted by molar-refractivity contribution is -0.142. The van der Waals surface area contributed by atoms with Crippen LogP contribution >= 0.6 is 0 Å². The number of amides is 1. The molecule has 0 spiro atoms. The van der Waals surface area contributed by atoms with Gasteiger partial charge in [-0.3, -0.25) is 9.59 Å². The van der Waals surface area contributed by atoms with E-state index in [0.29, 0.717) is 19.3 Å². The van der Waals surface area contributed by atoms with Crippen LogP contribution in [-0.2, 0) is 9.59 Å². The normalized spacial score (nSPS) is 25.1. The van der Waals surface area contributed by atoms with Gasteiger partial charge >= 0.3 is 5.97 Å². The number of carbonyl (C=O) groups excluding carboxylic acids is 1. The van der Waals surface area contributed by atoms with Gasteiger partial charge in [0.2, 0.25) is 5.91 Å². The van der Waals surface area contributed by atoms with Crippen LogP contribution in [-0.4, -0.2) is 23.0 Å². The number of nitrogens with one attached hydrogen (secondary N) is 1. The van der Waals surface area contributed by atoms with Gasteiger partial charge in [-0.2, -0.15) is 0 Å². The van der Waals surface area contributed by atoms with E-state index in [1.807, 2.05) is 6.92 Å². The van der Waals surface area contributed by atoms with E-state index in [2.05, 4.69) is 5.32 Å². The highest BCUT2D eigenvalue weighted by Gasteiger charge is 2.31. The summed E-state index contributed by atoms with van der Waals surface area (Å²) < 4.78 is 0. The van der Waals surface area contributed by atoms with Gasteiger partial charge in [0.15, 0.2) is 0 Å². The Morgan fingerprint density at radius 1 is 1.83 bits per heavy atom. The van der Waals surface area contributed by atoms with Crippen molar-refractivity contribution in [2.45, 2.75) is 32.2 Å². The predicted octanol–water partition coefficient (Wildman–Crippen LogP) is 0.376. The second kappa shape index (κ2) is 3.56. The first-order chi connectivity index (χ1) is 5.65. The average molecular weight is 171 g/mol. The Morgan fingerprint density at radius 2 is 2.50 bits per heavy atom. The topological polar surface area (TPSA) is 66.4 Å². The van der Waals surface area contributed by atoms with Crippen molar-refractivity contribution in [2.24, 2.45) is 5.92 Å². The standard InChI is InChI=1S/C8H13NO3/c1-2-5(8(11)12)6-3-4-7(10)9-6/h5-6H,2-4H2,1H3,(H,9,10)(H,11,12). The summed E-state index contributed by atoms with van der Waals surface area (Å²) in [5, 5.41) is 11.4. The van der Waals surface area contributed by atoms with Crippen LogP contribution in [0.15, 0.2) is 0 Å². The lowest BCUT2D eigenvalue weighted by Crippen LogP contribution is -2.36. The fourth-order valence-electron chi connectivity index (χ4n) is 1.57. The van der Waals surface area contributed by atoms with Crippen molar-refractivity contribution in [1.29, 1.82) is 0 Å². The summed E-state index contributed by atoms with van der Waals surface area (Å²) in [6.07, 6.45) is 1.69. The van der Waals surface area contributed by atoms with Gasteiger partial charge in [-0.05, 0) is 12.8 Å². The van der Waals surface area contributed by atoms with Gasteiger partial charge in [0, 0.05) is 12.5 Å². The Kier molecular flexibility index (Phi) is 2.68. The van der Waals surface area contributed by atoms with Gasteiger partial charge in [-0.15, -0.1) is 0 Å². The Bertz CT molecular complexity index is 202. The summed E-state index contributed by atoms with van der Waals surface area (Å²) in [7, 11) is 0. The van der Waals surface area contributed by atoms with Crippen LogP contribution in [0.4, 0.5) is 0 Å². The summed E-state index contributed by atoms with van der Waals surface area (Å²) in [4.78, 5) is 21.5. The number of rotatable bonds is 3. The van der Waals surface area contributed by atoms with Crippen molar-refractivity contribution < 1.29 is 14.7 Å². The van der Waals surface area contributed by atoms with Crippen LogP contribution in [0.2, 0.25) is 0 Å². The fourth-order valence-corrected chi connectivity index (χ4v) is 1.57. The van der Waals surface area contributed by atoms with E-state index >= 15 is 0 Å². The summed E-state index contributed by atoms with van der Waals surface area (Å²) in [5.74, 6) is -1.26. The fraction of sp³-hybridized carbons (Fsp3) is 0.750. The molecule has 1 aliphatic heterocycles. The predicted molar refractivity (Wildman–Crippen MR) is 42.6 cm³/mol. The van der Waals surface area contributed by atoms with Crippen LogP contribution in [0.5, 0.6) is 0 Å². The van der Waals surface area contributed by atoms with Crippen molar-refractivity contribution in [2.75, 3.05) is 0 Å². The molecule has 2 atom stereocenters. The van der Waals surface area contributed by atoms with Gasteiger partial charge in [-0.25, -0.2) is 0 Å². The first-order valence-corrected chi connectivity index (χ1v) is 4.17. The molecule has 0 aliphatic carbocycles. The second-order valence-corrected chi connectivity index (χ2v) is 3.07. The van der Waals surface area contributed by atoms with Crippen LogP contribution < -0.4 is 5.32 Å². The minimum absolute atomic E-state index is 0.0281. The molecule has 1 heterocycles. The molecule has 0 aromatic rings. The van der Waals surface area contributed by atoms with Crippen LogP contribution in [0, 0.1) is 5.92 Å². The summed E-state index contributed by atoms with van der Waals surface area (Å²) in [6.45, 7) is 1.82. The maximum Gasteiger partial charge on any atom is 0.308 e. The first kappa shape index (κ1) is 9.03. The molecule has 1 saturated heterocycles. The molecule has 1 aliphatic rings. The minimum Gasteiger partial charge on any atom is -0.481 e. The van der Waals surface area contributed by atoms with Crippen molar-refractivity contribution >= 4 is 11.9 Å². The molecule has 0 saturated carbocycles. The highest BCUT2D eigenvalue weighted by Crippen LogP contribution is 2.18. The van der Waals surface area contributed by atoms with E-state index < -0.39 is 11.9 Å². The van der Waals surface area contributed by atoms with Gasteiger partial charge in [0.05, 0.1) is 5.92 Å². The molecule has 2 unspecified atom stereocenters. The zero-order valence-electron chi connectivity index (χ0n) is 7.04. The lowest BCUT2D eigenvalue weighted by atomic mass is 9.96. The molecule has 1 amide bonds. The highest BCUT2D eigenvalue weighted by molar-refractivity contribution is 5.80. The van der Waals surface area contributed by atoms with E-state index in [1.54, 1.807) is 0 Å². The number of carboxylic acid groups (broad SMARTS) is 1. The van der Waals surface area contributed by atoms with E-state index in [1.165, 1.54) is 0 Å². The molecule has 0 bridgehead atoms. The number of hydrogen-bond donors (Lipinski definition) is 2. The molecule has 0 aromatic heterocycles. The molecule has 4 nitrogen and oxygen atoms in total. The zero-order chi connectivity index (χ0) is 9.14. The summed E-state index contributed by atoms with van der Waals surface area (Å²) in [6, 6.07) is -0.153. The monoisotopic (exact) mass is 171 g/mol. The molecule has 1 fully saturated rings. The summed E-state index contributed by atoms with van der Waals surface area (Å²) in [5.41, 5.74) is 0. The Morgan fingerprint density at radius 3 is 2.83 bits per heavy atom. The van der Waals surface area contributed by atoms with Gasteiger partial charge in [-0.1, -0.05) is 6.92 Å². The molecule has 0 aromatic carbocycles. The molecular weight excluding hydrogens is 158 g/mol. The lowest BCUT2D eigenvalue weighted by Gasteiger charge is -2.16. The quantitative estimate of drug-likeness (QED) is 0.645. The SMILES string of the molecule is CCC(C(=O)O)C1CCC(=O)N1. The second-order valence-electron chi connectivity index (χ2n) is 3.07. The number of carboxylic acids is 1. The van der Waals surface area contributed by atoms with Crippen molar-refractivity contribution in [1.82, 2.24) is 5.32 Å². The molecule has 1 rings (SSSR count). The molecule has 2 N–H and O–H groups in total. The van der Waals surface area contributed by atoms with Gasteiger partial charge in [0.25, 0.3) is 0 Å². The van der Waals surface area contributed by atoms with Crippen LogP contribution in [0.25, 0.3) is 0 Å². The van der Waals surface area contributed by atoms with Gasteiger partial charge < -0.3 is 10.4 Å². The van der Waals surface area contributed by atoms with E-state index in [-0.39, 0.29) is 11.9 Å². The molecule has 0 radical (unpaired) electrons. The van der Waals surface area contributed by atoms with Crippen molar-refractivity contribution in [3.05, 3.63) is 0 Å². The van der Waals surface area contributed by atoms with E-state index in [4.69, 9.17) is 5.11 Å². The molecule has 4 heteroatoms. The van der Waals surface area contributed by atoms with Crippen molar-refractivity contribution in [3.8, 4) is 0 Å². The van der Waals surface area contributed by atoms with Crippen molar-refractivity contribution in [3.63, 3.8) is 0 Å². The Balaban J connectivity index is 2.55. The number of aliphatic carboxylic acids is 1. The van der Waals surface area contributed by atoms with E-state index in [0.717, 1.165) is 0 Å².